The van der Waals surface area contributed by atoms with Gasteiger partial charge in [0.1, 0.15) is 0 Å². The van der Waals surface area contributed by atoms with Gasteiger partial charge in [-0.15, -0.1) is 11.8 Å². The maximum absolute atomic E-state index is 12.1. The molecule has 0 aliphatic heterocycles. The van der Waals surface area contributed by atoms with Crippen LogP contribution in [-0.4, -0.2) is 16.2 Å². The first-order valence-electron chi connectivity index (χ1n) is 7.24. The molecule has 0 saturated heterocycles. The molecule has 24 heavy (non-hydrogen) atoms. The average Bonchev–Trinajstić information content (AvgIpc) is 2.84. The topological polar surface area (TPSA) is 34.4 Å². The summed E-state index contributed by atoms with van der Waals surface area (Å²) in [6.07, 6.45) is 0.391. The number of aromatic nitrogens is 1. The van der Waals surface area contributed by atoms with Gasteiger partial charge in [-0.2, -0.15) is 4.99 Å². The van der Waals surface area contributed by atoms with Crippen LogP contribution in [0.25, 0.3) is 10.2 Å². The van der Waals surface area contributed by atoms with E-state index in [1.165, 1.54) is 11.3 Å². The largest absolute Gasteiger partial charge is 0.319 e. The van der Waals surface area contributed by atoms with E-state index in [9.17, 15) is 4.79 Å². The van der Waals surface area contributed by atoms with E-state index in [1.807, 2.05) is 54.1 Å². The van der Waals surface area contributed by atoms with Gasteiger partial charge in [0.05, 0.1) is 10.2 Å². The fourth-order valence-corrected chi connectivity index (χ4v) is 4.44. The Morgan fingerprint density at radius 3 is 2.62 bits per heavy atom. The van der Waals surface area contributed by atoms with Crippen LogP contribution < -0.4 is 4.80 Å². The van der Waals surface area contributed by atoms with Crippen LogP contribution >= 0.6 is 46.3 Å². The van der Waals surface area contributed by atoms with Crippen molar-refractivity contribution in [2.24, 2.45) is 12.0 Å². The highest BCUT2D eigenvalue weighted by Gasteiger charge is 2.06. The standard InChI is InChI=1S/C17H14Cl2N2OS2/c1-21-14-7-4-12(19)10-15(14)24-17(21)20-16(22)8-9-23-13-5-2-11(18)3-6-13/h2-7,10H,8-9H2,1H3. The van der Waals surface area contributed by atoms with E-state index in [2.05, 4.69) is 4.99 Å². The minimum Gasteiger partial charge on any atom is -0.319 e. The van der Waals surface area contributed by atoms with E-state index in [1.54, 1.807) is 11.8 Å². The molecular weight excluding hydrogens is 383 g/mol. The van der Waals surface area contributed by atoms with Gasteiger partial charge < -0.3 is 4.57 Å². The van der Waals surface area contributed by atoms with Crippen molar-refractivity contribution in [3.05, 3.63) is 57.3 Å². The van der Waals surface area contributed by atoms with Crippen molar-refractivity contribution >= 4 is 62.4 Å². The molecule has 0 saturated carbocycles. The van der Waals surface area contributed by atoms with Gasteiger partial charge in [-0.25, -0.2) is 0 Å². The lowest BCUT2D eigenvalue weighted by Gasteiger charge is -1.99. The van der Waals surface area contributed by atoms with Crippen molar-refractivity contribution in [1.82, 2.24) is 4.57 Å². The Kier molecular flexibility index (Phi) is 5.66. The number of fused-ring (bicyclic) bond motifs is 1. The number of carbonyl (C=O) groups is 1. The summed E-state index contributed by atoms with van der Waals surface area (Å²) in [5, 5.41) is 1.39. The molecule has 3 rings (SSSR count). The minimum atomic E-state index is -0.121. The molecule has 0 unspecified atom stereocenters. The summed E-state index contributed by atoms with van der Waals surface area (Å²) in [7, 11) is 1.90. The second kappa shape index (κ2) is 7.74. The molecule has 0 atom stereocenters. The van der Waals surface area contributed by atoms with Crippen molar-refractivity contribution in [3.63, 3.8) is 0 Å². The highest BCUT2D eigenvalue weighted by atomic mass is 35.5. The van der Waals surface area contributed by atoms with Crippen LogP contribution in [0.2, 0.25) is 10.0 Å². The Labute approximate surface area is 157 Å². The first-order valence-corrected chi connectivity index (χ1v) is 9.80. The summed E-state index contributed by atoms with van der Waals surface area (Å²) in [6, 6.07) is 13.3. The second-order valence-corrected chi connectivity index (χ2v) is 8.16. The molecule has 7 heteroatoms. The molecule has 2 aromatic carbocycles. The number of hydrogen-bond donors (Lipinski definition) is 0. The van der Waals surface area contributed by atoms with Crippen molar-refractivity contribution in [3.8, 4) is 0 Å². The maximum atomic E-state index is 12.1. The Morgan fingerprint density at radius 2 is 1.88 bits per heavy atom. The zero-order chi connectivity index (χ0) is 17.1. The van der Waals surface area contributed by atoms with Crippen molar-refractivity contribution < 1.29 is 4.79 Å². The number of rotatable bonds is 4. The van der Waals surface area contributed by atoms with Gasteiger partial charge in [-0.1, -0.05) is 34.5 Å². The molecule has 0 radical (unpaired) electrons. The van der Waals surface area contributed by atoms with Gasteiger partial charge in [0.2, 0.25) is 5.91 Å². The lowest BCUT2D eigenvalue weighted by Crippen LogP contribution is -2.13. The zero-order valence-electron chi connectivity index (χ0n) is 12.8. The maximum Gasteiger partial charge on any atom is 0.249 e. The normalized spacial score (nSPS) is 12.0. The molecule has 0 bridgehead atoms. The number of aryl methyl sites for hydroxylation is 1. The molecule has 0 aliphatic carbocycles. The summed E-state index contributed by atoms with van der Waals surface area (Å²) in [5.74, 6) is 0.564. The Balaban J connectivity index is 1.68. The highest BCUT2D eigenvalue weighted by Crippen LogP contribution is 2.22. The van der Waals surface area contributed by atoms with Crippen LogP contribution in [0.15, 0.2) is 52.4 Å². The van der Waals surface area contributed by atoms with Crippen LogP contribution in [-0.2, 0) is 11.8 Å². The van der Waals surface area contributed by atoms with Crippen LogP contribution in [0.4, 0.5) is 0 Å². The Bertz CT molecular complexity index is 945. The van der Waals surface area contributed by atoms with Crippen LogP contribution in [0.3, 0.4) is 0 Å². The number of nitrogens with zero attached hydrogens (tertiary/aromatic N) is 2. The van der Waals surface area contributed by atoms with Gasteiger partial charge in [0.15, 0.2) is 4.80 Å². The molecular formula is C17H14Cl2N2OS2. The quantitative estimate of drug-likeness (QED) is 0.570. The zero-order valence-corrected chi connectivity index (χ0v) is 16.0. The molecule has 0 spiro atoms. The second-order valence-electron chi connectivity index (χ2n) is 5.11. The van der Waals surface area contributed by atoms with E-state index in [0.29, 0.717) is 27.0 Å². The lowest BCUT2D eigenvalue weighted by atomic mass is 10.3. The fraction of sp³-hybridized carbons (Fsp3) is 0.176. The molecule has 1 heterocycles. The number of thioether (sulfide) groups is 1. The van der Waals surface area contributed by atoms with E-state index < -0.39 is 0 Å². The first kappa shape index (κ1) is 17.5. The van der Waals surface area contributed by atoms with Gasteiger partial charge in [-0.05, 0) is 42.5 Å². The summed E-state index contributed by atoms with van der Waals surface area (Å²) < 4.78 is 2.94. The average molecular weight is 397 g/mol. The minimum absolute atomic E-state index is 0.121. The number of benzene rings is 2. The lowest BCUT2D eigenvalue weighted by molar-refractivity contribution is -0.117. The third-order valence-corrected chi connectivity index (χ3v) is 5.99. The number of amides is 1. The fourth-order valence-electron chi connectivity index (χ4n) is 2.16. The van der Waals surface area contributed by atoms with Gasteiger partial charge in [0.25, 0.3) is 0 Å². The molecule has 0 N–H and O–H groups in total. The van der Waals surface area contributed by atoms with Gasteiger partial charge in [0, 0.05) is 34.2 Å². The molecule has 1 amide bonds. The van der Waals surface area contributed by atoms with Gasteiger partial charge in [-0.3, -0.25) is 4.79 Å². The van der Waals surface area contributed by atoms with Gasteiger partial charge >= 0.3 is 0 Å². The third-order valence-electron chi connectivity index (χ3n) is 3.39. The molecule has 124 valence electrons. The molecule has 0 aliphatic rings. The molecule has 3 aromatic rings. The van der Waals surface area contributed by atoms with E-state index in [4.69, 9.17) is 23.2 Å². The highest BCUT2D eigenvalue weighted by molar-refractivity contribution is 7.99. The number of carbonyl (C=O) groups excluding carboxylic acids is 1. The van der Waals surface area contributed by atoms with Crippen molar-refractivity contribution in [1.29, 1.82) is 0 Å². The Hall–Kier alpha value is -1.27. The van der Waals surface area contributed by atoms with Crippen molar-refractivity contribution in [2.75, 3.05) is 5.75 Å². The van der Waals surface area contributed by atoms with E-state index in [0.717, 1.165) is 15.1 Å². The monoisotopic (exact) mass is 396 g/mol. The summed E-state index contributed by atoms with van der Waals surface area (Å²) in [4.78, 5) is 18.1. The van der Waals surface area contributed by atoms with E-state index in [-0.39, 0.29) is 5.91 Å². The number of hydrogen-bond acceptors (Lipinski definition) is 3. The third kappa shape index (κ3) is 4.22. The van der Waals surface area contributed by atoms with E-state index >= 15 is 0 Å². The molecule has 3 nitrogen and oxygen atoms in total. The smallest absolute Gasteiger partial charge is 0.249 e. The molecule has 1 aromatic heterocycles. The Morgan fingerprint density at radius 1 is 1.17 bits per heavy atom. The molecule has 0 fully saturated rings. The summed E-state index contributed by atoms with van der Waals surface area (Å²) in [5.41, 5.74) is 1.02. The predicted octanol–water partition coefficient (Wildman–Crippen LogP) is 5.16. The van der Waals surface area contributed by atoms with Crippen molar-refractivity contribution in [2.45, 2.75) is 11.3 Å². The summed E-state index contributed by atoms with van der Waals surface area (Å²) >= 11 is 15.0. The van der Waals surface area contributed by atoms with Crippen LogP contribution in [0.5, 0.6) is 0 Å². The first-order chi connectivity index (χ1) is 11.5. The number of halogens is 2. The van der Waals surface area contributed by atoms with Crippen LogP contribution in [0, 0.1) is 0 Å². The number of thiazole rings is 1. The predicted molar refractivity (Wildman–Crippen MR) is 103 cm³/mol. The SMILES string of the molecule is Cn1c(=NC(=O)CCSc2ccc(Cl)cc2)sc2cc(Cl)ccc21. The van der Waals surface area contributed by atoms with Crippen LogP contribution in [0.1, 0.15) is 6.42 Å². The summed E-state index contributed by atoms with van der Waals surface area (Å²) in [6.45, 7) is 0.